The summed E-state index contributed by atoms with van der Waals surface area (Å²) in [5.41, 5.74) is 6.57. The van der Waals surface area contributed by atoms with Gasteiger partial charge in [0.15, 0.2) is 11.6 Å². The van der Waals surface area contributed by atoms with Crippen molar-refractivity contribution >= 4 is 28.3 Å². The van der Waals surface area contributed by atoms with Crippen LogP contribution in [0.15, 0.2) is 16.6 Å². The van der Waals surface area contributed by atoms with Crippen molar-refractivity contribution in [2.75, 3.05) is 13.2 Å². The lowest BCUT2D eigenvalue weighted by molar-refractivity contribution is 0.0580. The number of rotatable bonds is 2. The molecule has 18 heavy (non-hydrogen) atoms. The molecule has 3 N–H and O–H groups in total. The highest BCUT2D eigenvalue weighted by atomic mass is 79.9. The fraction of sp³-hybridized carbons (Fsp3) is 0.500. The minimum atomic E-state index is -0.642. The van der Waals surface area contributed by atoms with Crippen LogP contribution in [0.5, 0.6) is 5.75 Å². The average molecular weight is 341 g/mol. The number of halogens is 3. The van der Waals surface area contributed by atoms with Crippen molar-refractivity contribution in [2.24, 2.45) is 11.7 Å². The molecule has 0 aromatic heterocycles. The second-order valence-corrected chi connectivity index (χ2v) is 5.22. The maximum absolute atomic E-state index is 13.4. The number of hydrogen-bond donors (Lipinski definition) is 2. The Kier molecular flexibility index (Phi) is 5.85. The van der Waals surface area contributed by atoms with Crippen molar-refractivity contribution in [2.45, 2.75) is 18.9 Å². The zero-order valence-corrected chi connectivity index (χ0v) is 12.1. The van der Waals surface area contributed by atoms with E-state index < -0.39 is 5.82 Å². The average Bonchev–Trinajstić information content (AvgIpc) is 2.34. The van der Waals surface area contributed by atoms with Gasteiger partial charge in [0, 0.05) is 29.3 Å². The Bertz CT molecular complexity index is 413. The van der Waals surface area contributed by atoms with Crippen LogP contribution in [-0.4, -0.2) is 18.3 Å². The number of aromatic hydroxyl groups is 1. The van der Waals surface area contributed by atoms with Gasteiger partial charge in [-0.05, 0) is 30.9 Å². The molecule has 0 radical (unpaired) electrons. The van der Waals surface area contributed by atoms with Crippen LogP contribution in [0.1, 0.15) is 24.4 Å². The Labute approximate surface area is 120 Å². The van der Waals surface area contributed by atoms with Crippen molar-refractivity contribution < 1.29 is 14.2 Å². The number of benzene rings is 1. The molecular formula is C12H16BrClFNO2. The summed E-state index contributed by atoms with van der Waals surface area (Å²) in [6.07, 6.45) is 1.68. The highest BCUT2D eigenvalue weighted by Crippen LogP contribution is 2.36. The molecule has 3 nitrogen and oxygen atoms in total. The molecule has 1 aliphatic rings. The highest BCUT2D eigenvalue weighted by molar-refractivity contribution is 9.10. The molecule has 0 saturated carbocycles. The van der Waals surface area contributed by atoms with Gasteiger partial charge in [0.25, 0.3) is 0 Å². The lowest BCUT2D eigenvalue weighted by Gasteiger charge is -2.28. The van der Waals surface area contributed by atoms with Crippen LogP contribution in [0.25, 0.3) is 0 Å². The van der Waals surface area contributed by atoms with E-state index in [1.54, 1.807) is 6.07 Å². The van der Waals surface area contributed by atoms with Gasteiger partial charge in [-0.3, -0.25) is 0 Å². The lowest BCUT2D eigenvalue weighted by Crippen LogP contribution is -2.27. The van der Waals surface area contributed by atoms with Gasteiger partial charge < -0.3 is 15.6 Å². The molecule has 0 unspecified atom stereocenters. The smallest absolute Gasteiger partial charge is 0.166 e. The number of hydrogen-bond acceptors (Lipinski definition) is 3. The van der Waals surface area contributed by atoms with Gasteiger partial charge in [0.1, 0.15) is 0 Å². The molecule has 1 atom stereocenters. The topological polar surface area (TPSA) is 55.5 Å². The maximum Gasteiger partial charge on any atom is 0.166 e. The first-order valence-electron chi connectivity index (χ1n) is 5.61. The number of phenolic OH excluding ortho intramolecular Hbond substituents is 1. The standard InChI is InChI=1S/C12H15BrFNO2.ClH/c13-8-5-9(12(16)10(14)6-8)11(15)7-1-3-17-4-2-7;/h5-7,11,16H,1-4,15H2;1H/t11-;/m1./s1. The lowest BCUT2D eigenvalue weighted by atomic mass is 9.87. The summed E-state index contributed by atoms with van der Waals surface area (Å²) >= 11 is 3.21. The van der Waals surface area contributed by atoms with Crippen LogP contribution < -0.4 is 5.73 Å². The van der Waals surface area contributed by atoms with Crippen molar-refractivity contribution in [3.8, 4) is 5.75 Å². The van der Waals surface area contributed by atoms with E-state index in [2.05, 4.69) is 15.9 Å². The molecular weight excluding hydrogens is 324 g/mol. The molecule has 6 heteroatoms. The normalized spacial score (nSPS) is 18.2. The van der Waals surface area contributed by atoms with Crippen molar-refractivity contribution in [3.05, 3.63) is 28.0 Å². The van der Waals surface area contributed by atoms with Crippen LogP contribution in [0.4, 0.5) is 4.39 Å². The maximum atomic E-state index is 13.4. The predicted molar refractivity (Wildman–Crippen MR) is 73.5 cm³/mol. The summed E-state index contributed by atoms with van der Waals surface area (Å²) in [5, 5.41) is 9.72. The van der Waals surface area contributed by atoms with Crippen LogP contribution in [0.2, 0.25) is 0 Å². The van der Waals surface area contributed by atoms with Crippen LogP contribution >= 0.6 is 28.3 Å². The summed E-state index contributed by atoms with van der Waals surface area (Å²) in [4.78, 5) is 0. The minimum absolute atomic E-state index is 0. The van der Waals surface area contributed by atoms with E-state index in [-0.39, 0.29) is 30.1 Å². The third-order valence-corrected chi connectivity index (χ3v) is 3.65. The summed E-state index contributed by atoms with van der Waals surface area (Å²) in [6, 6.07) is 2.56. The molecule has 1 aliphatic heterocycles. The fourth-order valence-electron chi connectivity index (χ4n) is 2.17. The van der Waals surface area contributed by atoms with Gasteiger partial charge in [-0.1, -0.05) is 15.9 Å². The quantitative estimate of drug-likeness (QED) is 0.869. The summed E-state index contributed by atoms with van der Waals surface area (Å²) < 4.78 is 19.3. The highest BCUT2D eigenvalue weighted by Gasteiger charge is 2.25. The Morgan fingerprint density at radius 3 is 2.61 bits per heavy atom. The Morgan fingerprint density at radius 1 is 1.39 bits per heavy atom. The molecule has 1 aromatic carbocycles. The molecule has 0 amide bonds. The molecule has 1 saturated heterocycles. The molecule has 1 heterocycles. The molecule has 0 bridgehead atoms. The Hall–Kier alpha value is -0.360. The Morgan fingerprint density at radius 2 is 2.00 bits per heavy atom. The van der Waals surface area contributed by atoms with E-state index in [0.29, 0.717) is 23.2 Å². The van der Waals surface area contributed by atoms with E-state index in [0.717, 1.165) is 12.8 Å². The molecule has 1 aromatic rings. The van der Waals surface area contributed by atoms with Crippen molar-refractivity contribution in [3.63, 3.8) is 0 Å². The predicted octanol–water partition coefficient (Wildman–Crippen LogP) is 3.14. The molecule has 1 fully saturated rings. The second-order valence-electron chi connectivity index (χ2n) is 4.30. The second kappa shape index (κ2) is 6.70. The molecule has 2 rings (SSSR count). The first-order valence-corrected chi connectivity index (χ1v) is 6.40. The first-order chi connectivity index (χ1) is 8.09. The van der Waals surface area contributed by atoms with E-state index in [1.807, 2.05) is 0 Å². The van der Waals surface area contributed by atoms with E-state index in [9.17, 15) is 9.50 Å². The number of phenols is 1. The third-order valence-electron chi connectivity index (χ3n) is 3.19. The van der Waals surface area contributed by atoms with Gasteiger partial charge in [-0.25, -0.2) is 4.39 Å². The molecule has 102 valence electrons. The van der Waals surface area contributed by atoms with Gasteiger partial charge in [0.2, 0.25) is 0 Å². The number of ether oxygens (including phenoxy) is 1. The van der Waals surface area contributed by atoms with Crippen LogP contribution in [-0.2, 0) is 4.74 Å². The zero-order chi connectivity index (χ0) is 12.4. The number of nitrogens with two attached hydrogens (primary N) is 1. The van der Waals surface area contributed by atoms with Gasteiger partial charge >= 0.3 is 0 Å². The fourth-order valence-corrected chi connectivity index (χ4v) is 2.62. The van der Waals surface area contributed by atoms with E-state index in [1.165, 1.54) is 6.07 Å². The summed E-state index contributed by atoms with van der Waals surface area (Å²) in [7, 11) is 0. The van der Waals surface area contributed by atoms with Crippen LogP contribution in [0, 0.1) is 11.7 Å². The largest absolute Gasteiger partial charge is 0.505 e. The summed E-state index contributed by atoms with van der Waals surface area (Å²) in [6.45, 7) is 1.35. The monoisotopic (exact) mass is 339 g/mol. The van der Waals surface area contributed by atoms with Crippen molar-refractivity contribution in [1.82, 2.24) is 0 Å². The first kappa shape index (κ1) is 15.7. The zero-order valence-electron chi connectivity index (χ0n) is 9.73. The van der Waals surface area contributed by atoms with Crippen molar-refractivity contribution in [1.29, 1.82) is 0 Å². The Balaban J connectivity index is 0.00000162. The third kappa shape index (κ3) is 3.35. The van der Waals surface area contributed by atoms with Crippen LogP contribution in [0.3, 0.4) is 0 Å². The molecule has 0 spiro atoms. The SMILES string of the molecule is Cl.N[C@@H](c1cc(Br)cc(F)c1O)C1CCOCC1. The van der Waals surface area contributed by atoms with Gasteiger partial charge in [-0.2, -0.15) is 0 Å². The minimum Gasteiger partial charge on any atom is -0.505 e. The van der Waals surface area contributed by atoms with Gasteiger partial charge in [0.05, 0.1) is 0 Å². The van der Waals surface area contributed by atoms with E-state index >= 15 is 0 Å². The van der Waals surface area contributed by atoms with E-state index in [4.69, 9.17) is 10.5 Å². The molecule has 0 aliphatic carbocycles. The van der Waals surface area contributed by atoms with Gasteiger partial charge in [-0.15, -0.1) is 12.4 Å². The summed E-state index contributed by atoms with van der Waals surface area (Å²) in [5.74, 6) is -0.757.